The normalized spacial score (nSPS) is 16.2. The van der Waals surface area contributed by atoms with Crippen LogP contribution in [0.15, 0.2) is 54.7 Å². The number of halogens is 1. The van der Waals surface area contributed by atoms with Crippen molar-refractivity contribution in [1.82, 2.24) is 4.90 Å². The van der Waals surface area contributed by atoms with Gasteiger partial charge in [-0.3, -0.25) is 4.79 Å². The van der Waals surface area contributed by atoms with Crippen LogP contribution in [0.4, 0.5) is 0 Å². The van der Waals surface area contributed by atoms with Crippen molar-refractivity contribution in [1.29, 1.82) is 0 Å². The van der Waals surface area contributed by atoms with E-state index in [1.165, 1.54) is 0 Å². The number of nitrogens with zero attached hydrogens (tertiary/aromatic N) is 1. The predicted molar refractivity (Wildman–Crippen MR) is 85.5 cm³/mol. The Hall–Kier alpha value is -2.32. The summed E-state index contributed by atoms with van der Waals surface area (Å²) >= 11 is 5.95. The standard InChI is InChI=1S/C18H12ClNO/c19-14-7-5-13(6-8-14)17-16(21)11-20-10-9-12-3-1-2-4-15(12)18(17)20/h1-10H,11H2. The maximum atomic E-state index is 12.5. The number of ketones is 1. The lowest BCUT2D eigenvalue weighted by Crippen LogP contribution is -2.17. The van der Waals surface area contributed by atoms with Crippen LogP contribution in [0.3, 0.4) is 0 Å². The highest BCUT2D eigenvalue weighted by molar-refractivity contribution is 6.33. The number of hydrogen-bond acceptors (Lipinski definition) is 2. The van der Waals surface area contributed by atoms with Gasteiger partial charge in [-0.25, -0.2) is 0 Å². The molecular formula is C18H12ClNO. The van der Waals surface area contributed by atoms with Crippen LogP contribution in [0.1, 0.15) is 16.7 Å². The number of fused-ring (bicyclic) bond motifs is 3. The first-order valence-corrected chi connectivity index (χ1v) is 7.19. The molecule has 2 aliphatic rings. The Labute approximate surface area is 128 Å². The second-order valence-corrected chi connectivity index (χ2v) is 5.62. The summed E-state index contributed by atoms with van der Waals surface area (Å²) in [5.74, 6) is 0.147. The molecule has 0 amide bonds. The van der Waals surface area contributed by atoms with Gasteiger partial charge in [-0.15, -0.1) is 0 Å². The minimum atomic E-state index is 0.147. The highest BCUT2D eigenvalue weighted by Gasteiger charge is 2.32. The van der Waals surface area contributed by atoms with Gasteiger partial charge in [-0.1, -0.05) is 48.0 Å². The number of rotatable bonds is 1. The van der Waals surface area contributed by atoms with Crippen LogP contribution < -0.4 is 0 Å². The zero-order valence-corrected chi connectivity index (χ0v) is 12.0. The van der Waals surface area contributed by atoms with Gasteiger partial charge in [-0.2, -0.15) is 0 Å². The Kier molecular flexibility index (Phi) is 2.72. The van der Waals surface area contributed by atoms with Crippen LogP contribution in [0, 0.1) is 0 Å². The molecule has 2 nitrogen and oxygen atoms in total. The summed E-state index contributed by atoms with van der Waals surface area (Å²) in [6.07, 6.45) is 4.04. The Morgan fingerprint density at radius 3 is 2.57 bits per heavy atom. The van der Waals surface area contributed by atoms with E-state index in [-0.39, 0.29) is 5.78 Å². The first-order chi connectivity index (χ1) is 10.2. The lowest BCUT2D eigenvalue weighted by Gasteiger charge is -2.23. The molecule has 102 valence electrons. The fourth-order valence-electron chi connectivity index (χ4n) is 2.95. The van der Waals surface area contributed by atoms with E-state index in [4.69, 9.17) is 11.6 Å². The van der Waals surface area contributed by atoms with E-state index >= 15 is 0 Å². The molecule has 2 heterocycles. The zero-order chi connectivity index (χ0) is 14.4. The van der Waals surface area contributed by atoms with Gasteiger partial charge in [0.25, 0.3) is 0 Å². The Morgan fingerprint density at radius 2 is 1.76 bits per heavy atom. The third kappa shape index (κ3) is 1.91. The molecule has 0 fully saturated rings. The summed E-state index contributed by atoms with van der Waals surface area (Å²) in [6, 6.07) is 15.6. The summed E-state index contributed by atoms with van der Waals surface area (Å²) in [5, 5.41) is 0.676. The van der Waals surface area contributed by atoms with Crippen LogP contribution >= 0.6 is 11.6 Å². The van der Waals surface area contributed by atoms with Crippen molar-refractivity contribution in [2.75, 3.05) is 6.54 Å². The average molecular weight is 294 g/mol. The molecule has 0 saturated carbocycles. The van der Waals surface area contributed by atoms with Crippen LogP contribution in [-0.4, -0.2) is 17.2 Å². The maximum absolute atomic E-state index is 12.5. The Balaban J connectivity index is 1.98. The van der Waals surface area contributed by atoms with Crippen LogP contribution in [0.2, 0.25) is 5.02 Å². The minimum absolute atomic E-state index is 0.147. The van der Waals surface area contributed by atoms with E-state index in [9.17, 15) is 4.79 Å². The summed E-state index contributed by atoms with van der Waals surface area (Å²) in [5.41, 5.74) is 4.96. The van der Waals surface area contributed by atoms with Crippen molar-refractivity contribution >= 4 is 34.7 Å². The third-order valence-corrected chi connectivity index (χ3v) is 4.15. The van der Waals surface area contributed by atoms with Crippen LogP contribution in [-0.2, 0) is 4.79 Å². The quantitative estimate of drug-likeness (QED) is 0.790. The summed E-state index contributed by atoms with van der Waals surface area (Å²) in [4.78, 5) is 14.5. The van der Waals surface area contributed by atoms with Gasteiger partial charge in [0.1, 0.15) is 0 Å². The SMILES string of the molecule is O=C1CN2C=Cc3ccccc3C2=C1c1ccc(Cl)cc1. The molecule has 2 aromatic rings. The topological polar surface area (TPSA) is 20.3 Å². The van der Waals surface area contributed by atoms with Crippen molar-refractivity contribution in [3.63, 3.8) is 0 Å². The number of carbonyl (C=O) groups excluding carboxylic acids is 1. The first-order valence-electron chi connectivity index (χ1n) is 6.82. The van der Waals surface area contributed by atoms with Gasteiger partial charge in [0.2, 0.25) is 0 Å². The Morgan fingerprint density at radius 1 is 1.00 bits per heavy atom. The molecule has 2 aromatic carbocycles. The highest BCUT2D eigenvalue weighted by atomic mass is 35.5. The minimum Gasteiger partial charge on any atom is -0.339 e. The Bertz CT molecular complexity index is 802. The second-order valence-electron chi connectivity index (χ2n) is 5.18. The average Bonchev–Trinajstić information content (AvgIpc) is 2.85. The first kappa shape index (κ1) is 12.4. The van der Waals surface area contributed by atoms with E-state index in [0.717, 1.165) is 28.0 Å². The lowest BCUT2D eigenvalue weighted by atomic mass is 9.95. The predicted octanol–water partition coefficient (Wildman–Crippen LogP) is 4.08. The maximum Gasteiger partial charge on any atom is 0.185 e. The van der Waals surface area contributed by atoms with E-state index in [1.807, 2.05) is 47.5 Å². The molecule has 0 bridgehead atoms. The second kappa shape index (κ2) is 4.61. The van der Waals surface area contributed by atoms with Crippen molar-refractivity contribution in [2.24, 2.45) is 0 Å². The van der Waals surface area contributed by atoms with Gasteiger partial charge in [-0.05, 0) is 29.3 Å². The molecule has 0 saturated heterocycles. The molecule has 0 N–H and O–H groups in total. The molecule has 2 aliphatic heterocycles. The molecule has 0 aromatic heterocycles. The van der Waals surface area contributed by atoms with Gasteiger partial charge in [0.15, 0.2) is 5.78 Å². The number of benzene rings is 2. The van der Waals surface area contributed by atoms with E-state index < -0.39 is 0 Å². The molecule has 0 aliphatic carbocycles. The lowest BCUT2D eigenvalue weighted by molar-refractivity contribution is -0.113. The van der Waals surface area contributed by atoms with E-state index in [2.05, 4.69) is 18.2 Å². The van der Waals surface area contributed by atoms with Crippen molar-refractivity contribution < 1.29 is 4.79 Å². The smallest absolute Gasteiger partial charge is 0.185 e. The summed E-state index contributed by atoms with van der Waals surface area (Å²) in [6.45, 7) is 0.401. The molecule has 0 unspecified atom stereocenters. The fourth-order valence-corrected chi connectivity index (χ4v) is 3.07. The molecular weight excluding hydrogens is 282 g/mol. The summed E-state index contributed by atoms with van der Waals surface area (Å²) in [7, 11) is 0. The van der Waals surface area contributed by atoms with Crippen molar-refractivity contribution in [3.05, 3.63) is 76.4 Å². The van der Waals surface area contributed by atoms with Crippen molar-refractivity contribution in [3.8, 4) is 0 Å². The van der Waals surface area contributed by atoms with Crippen LogP contribution in [0.5, 0.6) is 0 Å². The summed E-state index contributed by atoms with van der Waals surface area (Å²) < 4.78 is 0. The van der Waals surface area contributed by atoms with E-state index in [1.54, 1.807) is 0 Å². The monoisotopic (exact) mass is 293 g/mol. The molecule has 21 heavy (non-hydrogen) atoms. The fraction of sp³-hybridized carbons (Fsp3) is 0.0556. The number of hydrogen-bond donors (Lipinski definition) is 0. The van der Waals surface area contributed by atoms with Crippen molar-refractivity contribution in [2.45, 2.75) is 0 Å². The number of Topliss-reactive ketones (excluding diaryl/α,β-unsaturated/α-hetero) is 1. The molecule has 0 spiro atoms. The zero-order valence-electron chi connectivity index (χ0n) is 11.2. The van der Waals surface area contributed by atoms with Gasteiger partial charge in [0.05, 0.1) is 17.8 Å². The van der Waals surface area contributed by atoms with Crippen LogP contribution in [0.25, 0.3) is 17.3 Å². The molecule has 3 heteroatoms. The molecule has 4 rings (SSSR count). The molecule has 0 radical (unpaired) electrons. The number of carbonyl (C=O) groups is 1. The third-order valence-electron chi connectivity index (χ3n) is 3.90. The molecule has 0 atom stereocenters. The van der Waals surface area contributed by atoms with Gasteiger partial charge >= 0.3 is 0 Å². The van der Waals surface area contributed by atoms with Gasteiger partial charge in [0, 0.05) is 16.8 Å². The van der Waals surface area contributed by atoms with Gasteiger partial charge < -0.3 is 4.90 Å². The van der Waals surface area contributed by atoms with E-state index in [0.29, 0.717) is 11.6 Å². The largest absolute Gasteiger partial charge is 0.339 e. The highest BCUT2D eigenvalue weighted by Crippen LogP contribution is 2.40.